The highest BCUT2D eigenvalue weighted by Gasteiger charge is 2.20. The first-order valence-corrected chi connectivity index (χ1v) is 6.18. The van der Waals surface area contributed by atoms with Crippen LogP contribution in [0.25, 0.3) is 0 Å². The fraction of sp³-hybridized carbons (Fsp3) is 0.429. The third kappa shape index (κ3) is 3.47. The van der Waals surface area contributed by atoms with Crippen LogP contribution < -0.4 is 5.73 Å². The maximum atomic E-state index is 12.4. The van der Waals surface area contributed by atoms with Crippen LogP contribution in [0.15, 0.2) is 23.4 Å². The highest BCUT2D eigenvalue weighted by atomic mass is 16.4. The molecule has 5 nitrogen and oxygen atoms in total. The summed E-state index contributed by atoms with van der Waals surface area (Å²) in [4.78, 5) is 14.0. The number of hydrogen-bond donors (Lipinski definition) is 2. The molecule has 0 spiro atoms. The van der Waals surface area contributed by atoms with Crippen LogP contribution in [0.3, 0.4) is 0 Å². The van der Waals surface area contributed by atoms with Gasteiger partial charge in [-0.05, 0) is 38.0 Å². The normalized spacial score (nSPS) is 13.2. The number of amidine groups is 1. The van der Waals surface area contributed by atoms with Crippen molar-refractivity contribution in [2.75, 3.05) is 7.05 Å². The zero-order valence-corrected chi connectivity index (χ0v) is 11.8. The van der Waals surface area contributed by atoms with Gasteiger partial charge in [-0.25, -0.2) is 0 Å². The van der Waals surface area contributed by atoms with E-state index in [1.807, 2.05) is 39.0 Å². The van der Waals surface area contributed by atoms with Crippen molar-refractivity contribution < 1.29 is 10.0 Å². The number of oxime groups is 1. The van der Waals surface area contributed by atoms with Gasteiger partial charge in [-0.15, -0.1) is 0 Å². The standard InChI is InChI=1S/C14H21N3O2/c1-9-6-5-7-12(11(9)3)14(18)17(4)10(2)8-13(15)16-19/h5-7,10,19H,8H2,1-4H3,(H2,15,16). The summed E-state index contributed by atoms with van der Waals surface area (Å²) in [7, 11) is 1.72. The summed E-state index contributed by atoms with van der Waals surface area (Å²) >= 11 is 0. The summed E-state index contributed by atoms with van der Waals surface area (Å²) in [6.45, 7) is 5.78. The minimum absolute atomic E-state index is 0.0561. The molecule has 3 N–H and O–H groups in total. The van der Waals surface area contributed by atoms with Gasteiger partial charge < -0.3 is 15.8 Å². The summed E-state index contributed by atoms with van der Waals surface area (Å²) in [5, 5.41) is 11.5. The molecule has 1 amide bonds. The molecule has 0 saturated heterocycles. The second kappa shape index (κ2) is 6.22. The topological polar surface area (TPSA) is 78.9 Å². The highest BCUT2D eigenvalue weighted by molar-refractivity contribution is 5.96. The van der Waals surface area contributed by atoms with Crippen molar-refractivity contribution in [2.45, 2.75) is 33.2 Å². The maximum absolute atomic E-state index is 12.4. The summed E-state index contributed by atoms with van der Waals surface area (Å²) in [6.07, 6.45) is 0.337. The zero-order chi connectivity index (χ0) is 14.6. The highest BCUT2D eigenvalue weighted by Crippen LogP contribution is 2.16. The second-order valence-corrected chi connectivity index (χ2v) is 4.81. The number of carbonyl (C=O) groups excluding carboxylic acids is 1. The Morgan fingerprint density at radius 2 is 2.11 bits per heavy atom. The van der Waals surface area contributed by atoms with Crippen molar-refractivity contribution in [3.05, 3.63) is 34.9 Å². The third-order valence-corrected chi connectivity index (χ3v) is 3.45. The number of aryl methyl sites for hydroxylation is 1. The minimum Gasteiger partial charge on any atom is -0.409 e. The molecule has 0 fully saturated rings. The molecule has 1 aromatic rings. The van der Waals surface area contributed by atoms with E-state index in [0.717, 1.165) is 11.1 Å². The number of benzene rings is 1. The lowest BCUT2D eigenvalue weighted by Crippen LogP contribution is -2.38. The lowest BCUT2D eigenvalue weighted by Gasteiger charge is -2.25. The van der Waals surface area contributed by atoms with E-state index in [0.29, 0.717) is 12.0 Å². The first-order chi connectivity index (χ1) is 8.88. The summed E-state index contributed by atoms with van der Waals surface area (Å²) < 4.78 is 0. The second-order valence-electron chi connectivity index (χ2n) is 4.81. The molecule has 5 heteroatoms. The van der Waals surface area contributed by atoms with E-state index in [1.165, 1.54) is 0 Å². The molecule has 0 heterocycles. The van der Waals surface area contributed by atoms with Crippen molar-refractivity contribution in [3.63, 3.8) is 0 Å². The van der Waals surface area contributed by atoms with Crippen LogP contribution >= 0.6 is 0 Å². The van der Waals surface area contributed by atoms with Crippen LogP contribution in [0.2, 0.25) is 0 Å². The molecule has 1 rings (SSSR count). The summed E-state index contributed by atoms with van der Waals surface area (Å²) in [5.74, 6) is 0.0625. The average molecular weight is 263 g/mol. The predicted molar refractivity (Wildman–Crippen MR) is 75.5 cm³/mol. The van der Waals surface area contributed by atoms with Crippen LogP contribution in [-0.4, -0.2) is 34.9 Å². The SMILES string of the molecule is Cc1cccc(C(=O)N(C)C(C)CC(N)=NO)c1C. The minimum atomic E-state index is -0.136. The molecule has 0 aliphatic rings. The smallest absolute Gasteiger partial charge is 0.254 e. The number of nitrogens with two attached hydrogens (primary N) is 1. The molecule has 0 radical (unpaired) electrons. The van der Waals surface area contributed by atoms with Gasteiger partial charge in [0.25, 0.3) is 5.91 Å². The van der Waals surface area contributed by atoms with Crippen LogP contribution in [0.1, 0.15) is 34.8 Å². The molecule has 1 unspecified atom stereocenters. The monoisotopic (exact) mass is 263 g/mol. The van der Waals surface area contributed by atoms with E-state index in [4.69, 9.17) is 10.9 Å². The molecule has 0 saturated carbocycles. The van der Waals surface area contributed by atoms with Gasteiger partial charge in [0, 0.05) is 25.1 Å². The van der Waals surface area contributed by atoms with Gasteiger partial charge >= 0.3 is 0 Å². The first kappa shape index (κ1) is 15.0. The Hall–Kier alpha value is -2.04. The van der Waals surface area contributed by atoms with E-state index in [2.05, 4.69) is 5.16 Å². The Labute approximate surface area is 113 Å². The third-order valence-electron chi connectivity index (χ3n) is 3.45. The molecule has 104 valence electrons. The Kier molecular flexibility index (Phi) is 4.92. The fourth-order valence-corrected chi connectivity index (χ4v) is 1.85. The number of nitrogens with zero attached hydrogens (tertiary/aromatic N) is 2. The number of hydrogen-bond acceptors (Lipinski definition) is 3. The van der Waals surface area contributed by atoms with E-state index in [1.54, 1.807) is 11.9 Å². The zero-order valence-electron chi connectivity index (χ0n) is 11.8. The molecule has 19 heavy (non-hydrogen) atoms. The number of amides is 1. The maximum Gasteiger partial charge on any atom is 0.254 e. The quantitative estimate of drug-likeness (QED) is 0.377. The van der Waals surface area contributed by atoms with E-state index >= 15 is 0 Å². The summed E-state index contributed by atoms with van der Waals surface area (Å²) in [6, 6.07) is 5.53. The average Bonchev–Trinajstić information content (AvgIpc) is 2.39. The molecule has 1 atom stereocenters. The van der Waals surface area contributed by atoms with E-state index in [9.17, 15) is 4.79 Å². The van der Waals surface area contributed by atoms with Gasteiger partial charge in [-0.1, -0.05) is 17.3 Å². The van der Waals surface area contributed by atoms with Crippen LogP contribution in [0.5, 0.6) is 0 Å². The van der Waals surface area contributed by atoms with Gasteiger partial charge in [-0.3, -0.25) is 4.79 Å². The molecular weight excluding hydrogens is 242 g/mol. The van der Waals surface area contributed by atoms with Gasteiger partial charge in [-0.2, -0.15) is 0 Å². The van der Waals surface area contributed by atoms with Crippen LogP contribution in [-0.2, 0) is 0 Å². The van der Waals surface area contributed by atoms with Crippen molar-refractivity contribution in [2.24, 2.45) is 10.9 Å². The van der Waals surface area contributed by atoms with Crippen LogP contribution in [0.4, 0.5) is 0 Å². The van der Waals surface area contributed by atoms with E-state index in [-0.39, 0.29) is 17.8 Å². The molecule has 1 aromatic carbocycles. The predicted octanol–water partition coefficient (Wildman–Crippen LogP) is 1.90. The van der Waals surface area contributed by atoms with Gasteiger partial charge in [0.15, 0.2) is 0 Å². The van der Waals surface area contributed by atoms with Crippen molar-refractivity contribution in [1.82, 2.24) is 4.90 Å². The molecule has 0 aliphatic heterocycles. The number of carbonyl (C=O) groups is 1. The first-order valence-electron chi connectivity index (χ1n) is 6.18. The van der Waals surface area contributed by atoms with Crippen LogP contribution in [0, 0.1) is 13.8 Å². The van der Waals surface area contributed by atoms with Gasteiger partial charge in [0.1, 0.15) is 5.84 Å². The molecule has 0 aliphatic carbocycles. The van der Waals surface area contributed by atoms with Crippen molar-refractivity contribution >= 4 is 11.7 Å². The lowest BCUT2D eigenvalue weighted by molar-refractivity contribution is 0.0746. The van der Waals surface area contributed by atoms with E-state index < -0.39 is 0 Å². The lowest BCUT2D eigenvalue weighted by atomic mass is 10.0. The molecule has 0 aromatic heterocycles. The Morgan fingerprint density at radius 1 is 1.47 bits per heavy atom. The summed E-state index contributed by atoms with van der Waals surface area (Å²) in [5.41, 5.74) is 8.22. The Bertz CT molecular complexity index is 497. The largest absolute Gasteiger partial charge is 0.409 e. The molecule has 0 bridgehead atoms. The Morgan fingerprint density at radius 3 is 2.68 bits per heavy atom. The Balaban J connectivity index is 2.90. The molecular formula is C14H21N3O2. The van der Waals surface area contributed by atoms with Crippen molar-refractivity contribution in [3.8, 4) is 0 Å². The van der Waals surface area contributed by atoms with Gasteiger partial charge in [0.2, 0.25) is 0 Å². The number of rotatable bonds is 4. The van der Waals surface area contributed by atoms with Gasteiger partial charge in [0.05, 0.1) is 0 Å². The fourth-order valence-electron chi connectivity index (χ4n) is 1.85. The van der Waals surface area contributed by atoms with Crippen molar-refractivity contribution in [1.29, 1.82) is 0 Å².